The summed E-state index contributed by atoms with van der Waals surface area (Å²) in [5, 5.41) is 22.3. The molecular formula is C10H12N4O2. The summed E-state index contributed by atoms with van der Waals surface area (Å²) in [4.78, 5) is 10.1. The molecule has 6 heteroatoms. The SMILES string of the molecule is N#Cc1ccc(NCCCN)cc1[N+](=O)[O-]. The maximum Gasteiger partial charge on any atom is 0.289 e. The van der Waals surface area contributed by atoms with Gasteiger partial charge in [-0.3, -0.25) is 10.1 Å². The minimum Gasteiger partial charge on any atom is -0.385 e. The number of hydrogen-bond donors (Lipinski definition) is 2. The second kappa shape index (κ2) is 5.68. The number of nitrogens with one attached hydrogen (secondary N) is 1. The molecule has 1 aromatic carbocycles. The molecule has 0 spiro atoms. The Morgan fingerprint density at radius 2 is 2.31 bits per heavy atom. The molecule has 0 aliphatic carbocycles. The fourth-order valence-electron chi connectivity index (χ4n) is 1.22. The average Bonchev–Trinajstić information content (AvgIpc) is 2.29. The second-order valence-electron chi connectivity index (χ2n) is 3.17. The summed E-state index contributed by atoms with van der Waals surface area (Å²) in [5.41, 5.74) is 5.83. The van der Waals surface area contributed by atoms with Crippen LogP contribution in [0.15, 0.2) is 18.2 Å². The van der Waals surface area contributed by atoms with Crippen LogP contribution in [0.1, 0.15) is 12.0 Å². The Balaban J connectivity index is 2.86. The molecular weight excluding hydrogens is 208 g/mol. The van der Waals surface area contributed by atoms with E-state index in [-0.39, 0.29) is 11.3 Å². The number of nitro groups is 1. The van der Waals surface area contributed by atoms with Gasteiger partial charge in [-0.1, -0.05) is 0 Å². The van der Waals surface area contributed by atoms with Crippen molar-refractivity contribution in [3.63, 3.8) is 0 Å². The van der Waals surface area contributed by atoms with Gasteiger partial charge < -0.3 is 11.1 Å². The quantitative estimate of drug-likeness (QED) is 0.441. The fourth-order valence-corrected chi connectivity index (χ4v) is 1.22. The van der Waals surface area contributed by atoms with Gasteiger partial charge in [0, 0.05) is 18.3 Å². The van der Waals surface area contributed by atoms with Gasteiger partial charge in [0.25, 0.3) is 5.69 Å². The lowest BCUT2D eigenvalue weighted by molar-refractivity contribution is -0.385. The highest BCUT2D eigenvalue weighted by molar-refractivity contribution is 5.59. The largest absolute Gasteiger partial charge is 0.385 e. The van der Waals surface area contributed by atoms with E-state index in [1.807, 2.05) is 0 Å². The summed E-state index contributed by atoms with van der Waals surface area (Å²) in [6, 6.07) is 6.21. The molecule has 84 valence electrons. The molecule has 0 aliphatic rings. The molecule has 1 rings (SSSR count). The van der Waals surface area contributed by atoms with Crippen LogP contribution in [-0.2, 0) is 0 Å². The van der Waals surface area contributed by atoms with Gasteiger partial charge in [0.15, 0.2) is 0 Å². The van der Waals surface area contributed by atoms with Gasteiger partial charge in [0.1, 0.15) is 11.6 Å². The molecule has 0 amide bonds. The Morgan fingerprint density at radius 3 is 2.88 bits per heavy atom. The first-order valence-corrected chi connectivity index (χ1v) is 4.81. The number of rotatable bonds is 5. The van der Waals surface area contributed by atoms with Crippen LogP contribution < -0.4 is 11.1 Å². The Hall–Kier alpha value is -2.13. The second-order valence-corrected chi connectivity index (χ2v) is 3.17. The zero-order valence-corrected chi connectivity index (χ0v) is 8.64. The van der Waals surface area contributed by atoms with Crippen LogP contribution in [0.2, 0.25) is 0 Å². The van der Waals surface area contributed by atoms with Crippen LogP contribution in [0, 0.1) is 21.4 Å². The topological polar surface area (TPSA) is 105 Å². The number of anilines is 1. The summed E-state index contributed by atoms with van der Waals surface area (Å²) in [6.45, 7) is 1.21. The zero-order chi connectivity index (χ0) is 12.0. The van der Waals surface area contributed by atoms with Gasteiger partial charge in [-0.25, -0.2) is 0 Å². The number of nitrogens with two attached hydrogens (primary N) is 1. The Labute approximate surface area is 92.8 Å². The van der Waals surface area contributed by atoms with Crippen LogP contribution in [0.25, 0.3) is 0 Å². The molecule has 0 heterocycles. The van der Waals surface area contributed by atoms with E-state index >= 15 is 0 Å². The first-order chi connectivity index (χ1) is 7.69. The number of nitriles is 1. The molecule has 0 aliphatic heterocycles. The van der Waals surface area contributed by atoms with Crippen molar-refractivity contribution < 1.29 is 4.92 Å². The maximum atomic E-state index is 10.7. The van der Waals surface area contributed by atoms with Crippen molar-refractivity contribution in [2.24, 2.45) is 5.73 Å². The number of nitro benzene ring substituents is 1. The third-order valence-corrected chi connectivity index (χ3v) is 2.02. The van der Waals surface area contributed by atoms with Crippen molar-refractivity contribution in [1.82, 2.24) is 0 Å². The summed E-state index contributed by atoms with van der Waals surface area (Å²) in [5.74, 6) is 0. The summed E-state index contributed by atoms with van der Waals surface area (Å²) in [7, 11) is 0. The van der Waals surface area contributed by atoms with E-state index in [1.165, 1.54) is 12.1 Å². The summed E-state index contributed by atoms with van der Waals surface area (Å²) < 4.78 is 0. The lowest BCUT2D eigenvalue weighted by Crippen LogP contribution is -2.08. The van der Waals surface area contributed by atoms with Crippen molar-refractivity contribution in [3.05, 3.63) is 33.9 Å². The van der Waals surface area contributed by atoms with E-state index in [9.17, 15) is 10.1 Å². The molecule has 0 bridgehead atoms. The minimum absolute atomic E-state index is 0.0642. The van der Waals surface area contributed by atoms with E-state index in [0.717, 1.165) is 6.42 Å². The van der Waals surface area contributed by atoms with Crippen LogP contribution in [0.3, 0.4) is 0 Å². The fraction of sp³-hybridized carbons (Fsp3) is 0.300. The lowest BCUT2D eigenvalue weighted by Gasteiger charge is -2.05. The van der Waals surface area contributed by atoms with Crippen molar-refractivity contribution in [3.8, 4) is 6.07 Å². The smallest absolute Gasteiger partial charge is 0.289 e. The zero-order valence-electron chi connectivity index (χ0n) is 8.64. The van der Waals surface area contributed by atoms with Crippen LogP contribution in [0.5, 0.6) is 0 Å². The van der Waals surface area contributed by atoms with Crippen molar-refractivity contribution in [1.29, 1.82) is 5.26 Å². The highest BCUT2D eigenvalue weighted by Crippen LogP contribution is 2.22. The van der Waals surface area contributed by atoms with E-state index < -0.39 is 4.92 Å². The Bertz CT molecular complexity index is 425. The molecule has 3 N–H and O–H groups in total. The molecule has 0 fully saturated rings. The highest BCUT2D eigenvalue weighted by Gasteiger charge is 2.13. The van der Waals surface area contributed by atoms with Crippen molar-refractivity contribution >= 4 is 11.4 Å². The predicted molar refractivity (Wildman–Crippen MR) is 60.0 cm³/mol. The highest BCUT2D eigenvalue weighted by atomic mass is 16.6. The first-order valence-electron chi connectivity index (χ1n) is 4.81. The van der Waals surface area contributed by atoms with Gasteiger partial charge in [-0.15, -0.1) is 0 Å². The van der Waals surface area contributed by atoms with Crippen LogP contribution in [0.4, 0.5) is 11.4 Å². The third-order valence-electron chi connectivity index (χ3n) is 2.02. The average molecular weight is 220 g/mol. The molecule has 1 aromatic rings. The van der Waals surface area contributed by atoms with E-state index in [0.29, 0.717) is 18.8 Å². The standard InChI is InChI=1S/C10H12N4O2/c11-4-1-5-13-9-3-2-8(7-12)10(6-9)14(15)16/h2-3,6,13H,1,4-5,11H2. The van der Waals surface area contributed by atoms with Gasteiger partial charge in [-0.05, 0) is 25.1 Å². The minimum atomic E-state index is -0.563. The molecule has 6 nitrogen and oxygen atoms in total. The van der Waals surface area contributed by atoms with Crippen LogP contribution >= 0.6 is 0 Å². The first kappa shape index (κ1) is 11.9. The number of hydrogen-bond acceptors (Lipinski definition) is 5. The molecule has 16 heavy (non-hydrogen) atoms. The van der Waals surface area contributed by atoms with Gasteiger partial charge in [0.05, 0.1) is 4.92 Å². The van der Waals surface area contributed by atoms with Crippen LogP contribution in [-0.4, -0.2) is 18.0 Å². The number of benzene rings is 1. The van der Waals surface area contributed by atoms with Crippen molar-refractivity contribution in [2.45, 2.75) is 6.42 Å². The molecule has 0 saturated carbocycles. The number of nitrogens with zero attached hydrogens (tertiary/aromatic N) is 2. The monoisotopic (exact) mass is 220 g/mol. The van der Waals surface area contributed by atoms with Gasteiger partial charge >= 0.3 is 0 Å². The van der Waals surface area contributed by atoms with E-state index in [2.05, 4.69) is 5.32 Å². The normalized spacial score (nSPS) is 9.50. The molecule has 0 unspecified atom stereocenters. The van der Waals surface area contributed by atoms with E-state index in [1.54, 1.807) is 12.1 Å². The third kappa shape index (κ3) is 2.93. The maximum absolute atomic E-state index is 10.7. The lowest BCUT2D eigenvalue weighted by atomic mass is 10.2. The Morgan fingerprint density at radius 1 is 1.56 bits per heavy atom. The van der Waals surface area contributed by atoms with E-state index in [4.69, 9.17) is 11.0 Å². The Kier molecular flexibility index (Phi) is 4.24. The molecule has 0 aromatic heterocycles. The predicted octanol–water partition coefficient (Wildman–Crippen LogP) is 1.23. The van der Waals surface area contributed by atoms with Gasteiger partial charge in [0.2, 0.25) is 0 Å². The van der Waals surface area contributed by atoms with Crippen molar-refractivity contribution in [2.75, 3.05) is 18.4 Å². The molecule has 0 radical (unpaired) electrons. The van der Waals surface area contributed by atoms with Gasteiger partial charge in [-0.2, -0.15) is 5.26 Å². The molecule has 0 saturated heterocycles. The summed E-state index contributed by atoms with van der Waals surface area (Å²) in [6.07, 6.45) is 0.786. The molecule has 0 atom stereocenters. The summed E-state index contributed by atoms with van der Waals surface area (Å²) >= 11 is 0.